The number of nitrogens with zero attached hydrogens (tertiary/aromatic N) is 6. The molecule has 0 bridgehead atoms. The molecule has 0 saturated heterocycles. The third kappa shape index (κ3) is 4.82. The van der Waals surface area contributed by atoms with Crippen LogP contribution in [0, 0.1) is 12.8 Å². The van der Waals surface area contributed by atoms with E-state index in [9.17, 15) is 13.2 Å². The lowest BCUT2D eigenvalue weighted by Crippen LogP contribution is -2.25. The van der Waals surface area contributed by atoms with E-state index in [0.717, 1.165) is 40.7 Å². The molecule has 0 spiro atoms. The zero-order valence-corrected chi connectivity index (χ0v) is 26.8. The van der Waals surface area contributed by atoms with Crippen molar-refractivity contribution in [2.24, 2.45) is 5.92 Å². The topological polar surface area (TPSA) is 138 Å². The Morgan fingerprint density at radius 1 is 1.09 bits per heavy atom. The Labute approximate surface area is 263 Å². The smallest absolute Gasteiger partial charge is 0.264 e. The van der Waals surface area contributed by atoms with Crippen LogP contribution in [-0.2, 0) is 10.0 Å². The van der Waals surface area contributed by atoms with Gasteiger partial charge in [-0.3, -0.25) is 13.5 Å². The van der Waals surface area contributed by atoms with Gasteiger partial charge in [-0.2, -0.15) is 5.10 Å². The maximum Gasteiger partial charge on any atom is 0.264 e. The fourth-order valence-electron chi connectivity index (χ4n) is 6.00. The van der Waals surface area contributed by atoms with E-state index in [0.29, 0.717) is 39.3 Å². The molecule has 2 aromatic carbocycles. The molecular formula is C32H31N7O4S2. The van der Waals surface area contributed by atoms with Crippen LogP contribution in [-0.4, -0.2) is 53.0 Å². The Hall–Kier alpha value is -4.75. The second-order valence-corrected chi connectivity index (χ2v) is 14.3. The third-order valence-electron chi connectivity index (χ3n) is 8.43. The van der Waals surface area contributed by atoms with E-state index in [1.165, 1.54) is 36.1 Å². The van der Waals surface area contributed by atoms with Crippen molar-refractivity contribution < 1.29 is 13.2 Å². The standard InChI is InChI=1S/C32H31N7O4S2/c1-18-16-44-25-15-22(26(32(40)38(18)25)19-8-6-5-7-9-19)29(20-10-11-20)39-31-27(30(33)34-17-35-31)28(36-39)21-12-13-24(43-3)23(14-21)37(2)45(4,41)42/h5-9,12-17,20,29H,10-11H2,1-4H3,(H2,33,34,35)/t29-/m0/s1. The molecule has 1 saturated carbocycles. The number of ether oxygens (including phenoxy) is 1. The van der Waals surface area contributed by atoms with E-state index < -0.39 is 10.0 Å². The predicted octanol–water partition coefficient (Wildman–Crippen LogP) is 5.13. The fraction of sp³-hybridized carbons (Fsp3) is 0.250. The van der Waals surface area contributed by atoms with Crippen LogP contribution in [0.15, 0.2) is 71.1 Å². The molecular weight excluding hydrogens is 611 g/mol. The Morgan fingerprint density at radius 2 is 1.84 bits per heavy atom. The maximum absolute atomic E-state index is 14.2. The molecule has 0 unspecified atom stereocenters. The number of hydrogen-bond donors (Lipinski definition) is 1. The van der Waals surface area contributed by atoms with E-state index in [1.54, 1.807) is 16.5 Å². The van der Waals surface area contributed by atoms with E-state index >= 15 is 0 Å². The van der Waals surface area contributed by atoms with Crippen LogP contribution in [0.3, 0.4) is 0 Å². The van der Waals surface area contributed by atoms with Gasteiger partial charge in [-0.05, 0) is 61.1 Å². The number of aryl methyl sites for hydroxylation is 1. The van der Waals surface area contributed by atoms with Gasteiger partial charge in [0.05, 0.1) is 36.0 Å². The zero-order chi connectivity index (χ0) is 31.6. The van der Waals surface area contributed by atoms with Gasteiger partial charge in [0.1, 0.15) is 28.4 Å². The Bertz CT molecular complexity index is 2270. The first-order valence-corrected chi connectivity index (χ1v) is 17.1. The van der Waals surface area contributed by atoms with E-state index in [2.05, 4.69) is 16.0 Å². The van der Waals surface area contributed by atoms with E-state index in [-0.39, 0.29) is 23.3 Å². The molecule has 7 rings (SSSR count). The second kappa shape index (κ2) is 10.7. The van der Waals surface area contributed by atoms with Gasteiger partial charge < -0.3 is 10.5 Å². The summed E-state index contributed by atoms with van der Waals surface area (Å²) in [6.07, 6.45) is 4.48. The Kier molecular flexibility index (Phi) is 6.89. The van der Waals surface area contributed by atoms with Gasteiger partial charge in [-0.15, -0.1) is 11.3 Å². The Balaban J connectivity index is 1.51. The number of sulfonamides is 1. The monoisotopic (exact) mass is 641 g/mol. The van der Waals surface area contributed by atoms with Crippen LogP contribution in [0.1, 0.15) is 30.1 Å². The number of rotatable bonds is 8. The van der Waals surface area contributed by atoms with Crippen LogP contribution in [0.5, 0.6) is 5.75 Å². The number of anilines is 2. The molecule has 11 nitrogen and oxygen atoms in total. The Morgan fingerprint density at radius 3 is 2.53 bits per heavy atom. The molecule has 0 radical (unpaired) electrons. The summed E-state index contributed by atoms with van der Waals surface area (Å²) < 4.78 is 35.3. The minimum absolute atomic E-state index is 0.0764. The molecule has 2 N–H and O–H groups in total. The summed E-state index contributed by atoms with van der Waals surface area (Å²) in [6.45, 7) is 1.94. The zero-order valence-electron chi connectivity index (χ0n) is 25.1. The number of fused-ring (bicyclic) bond motifs is 2. The molecule has 4 aromatic heterocycles. The molecule has 13 heteroatoms. The fourth-order valence-corrected chi connectivity index (χ4v) is 7.43. The first kappa shape index (κ1) is 29.0. The van der Waals surface area contributed by atoms with Crippen LogP contribution in [0.25, 0.3) is 38.2 Å². The number of nitrogen functional groups attached to an aromatic ring is 1. The van der Waals surface area contributed by atoms with Crippen molar-refractivity contribution in [2.75, 3.05) is 30.5 Å². The minimum atomic E-state index is -3.59. The molecule has 1 atom stereocenters. The first-order valence-electron chi connectivity index (χ1n) is 14.4. The largest absolute Gasteiger partial charge is 0.495 e. The summed E-state index contributed by atoms with van der Waals surface area (Å²) in [7, 11) is -0.627. The maximum atomic E-state index is 14.2. The van der Waals surface area contributed by atoms with Gasteiger partial charge in [0.15, 0.2) is 5.65 Å². The lowest BCUT2D eigenvalue weighted by Gasteiger charge is -2.22. The quantitative estimate of drug-likeness (QED) is 0.242. The average Bonchev–Trinajstić information content (AvgIpc) is 3.68. The number of methoxy groups -OCH3 is 1. The van der Waals surface area contributed by atoms with Gasteiger partial charge >= 0.3 is 0 Å². The normalized spacial score (nSPS) is 14.2. The van der Waals surface area contributed by atoms with Gasteiger partial charge in [0, 0.05) is 23.7 Å². The summed E-state index contributed by atoms with van der Waals surface area (Å²) in [6, 6.07) is 16.7. The molecule has 230 valence electrons. The van der Waals surface area contributed by atoms with Crippen molar-refractivity contribution in [3.8, 4) is 28.1 Å². The minimum Gasteiger partial charge on any atom is -0.495 e. The van der Waals surface area contributed by atoms with Crippen molar-refractivity contribution in [3.05, 3.63) is 87.9 Å². The first-order chi connectivity index (χ1) is 21.6. The summed E-state index contributed by atoms with van der Waals surface area (Å²) >= 11 is 1.53. The highest BCUT2D eigenvalue weighted by atomic mass is 32.2. The number of pyridine rings is 1. The number of thiazole rings is 1. The number of benzene rings is 2. The molecule has 0 amide bonds. The lowest BCUT2D eigenvalue weighted by atomic mass is 9.93. The number of hydrogen-bond acceptors (Lipinski definition) is 9. The van der Waals surface area contributed by atoms with Crippen LogP contribution in [0.2, 0.25) is 0 Å². The number of aromatic nitrogens is 5. The highest BCUT2D eigenvalue weighted by molar-refractivity contribution is 7.92. The summed E-state index contributed by atoms with van der Waals surface area (Å²) in [5.41, 5.74) is 11.6. The average molecular weight is 642 g/mol. The van der Waals surface area contributed by atoms with Crippen LogP contribution < -0.4 is 20.3 Å². The van der Waals surface area contributed by atoms with E-state index in [4.69, 9.17) is 15.6 Å². The summed E-state index contributed by atoms with van der Waals surface area (Å²) in [5.74, 6) is 0.852. The number of nitrogens with two attached hydrogens (primary N) is 1. The van der Waals surface area contributed by atoms with Gasteiger partial charge in [-0.1, -0.05) is 30.3 Å². The lowest BCUT2D eigenvalue weighted by molar-refractivity contribution is 0.416. The van der Waals surface area contributed by atoms with Gasteiger partial charge in [0.2, 0.25) is 10.0 Å². The second-order valence-electron chi connectivity index (χ2n) is 11.3. The molecule has 45 heavy (non-hydrogen) atoms. The molecule has 1 fully saturated rings. The predicted molar refractivity (Wildman–Crippen MR) is 178 cm³/mol. The van der Waals surface area contributed by atoms with E-state index in [1.807, 2.05) is 53.4 Å². The van der Waals surface area contributed by atoms with Crippen LogP contribution in [0.4, 0.5) is 11.5 Å². The molecule has 1 aliphatic rings. The van der Waals surface area contributed by atoms with Gasteiger partial charge in [-0.25, -0.2) is 23.1 Å². The highest BCUT2D eigenvalue weighted by Crippen LogP contribution is 2.48. The van der Waals surface area contributed by atoms with Crippen LogP contribution >= 0.6 is 11.3 Å². The van der Waals surface area contributed by atoms with Crippen molar-refractivity contribution in [1.29, 1.82) is 0 Å². The highest BCUT2D eigenvalue weighted by Gasteiger charge is 2.39. The van der Waals surface area contributed by atoms with Crippen molar-refractivity contribution in [3.63, 3.8) is 0 Å². The van der Waals surface area contributed by atoms with Crippen molar-refractivity contribution in [2.45, 2.75) is 25.8 Å². The molecule has 0 aliphatic heterocycles. The third-order valence-corrected chi connectivity index (χ3v) is 10.6. The van der Waals surface area contributed by atoms with Gasteiger partial charge in [0.25, 0.3) is 5.56 Å². The summed E-state index contributed by atoms with van der Waals surface area (Å²) in [4.78, 5) is 24.0. The van der Waals surface area contributed by atoms with Crippen molar-refractivity contribution >= 4 is 48.7 Å². The summed E-state index contributed by atoms with van der Waals surface area (Å²) in [5, 5.41) is 7.69. The van der Waals surface area contributed by atoms with Crippen molar-refractivity contribution in [1.82, 2.24) is 24.1 Å². The molecule has 1 aliphatic carbocycles. The SMILES string of the molecule is COc1ccc(-c2nn([C@H](c3cc4scc(C)n4c(=O)c3-c3ccccc3)C3CC3)c3ncnc(N)c23)cc1N(C)S(C)(=O)=O. The molecule has 6 aromatic rings. The molecule has 4 heterocycles.